The van der Waals surface area contributed by atoms with Gasteiger partial charge in [0.1, 0.15) is 0 Å². The van der Waals surface area contributed by atoms with E-state index in [0.29, 0.717) is 11.3 Å². The maximum Gasteiger partial charge on any atom is 0.255 e. The number of nitrogen functional groups attached to an aromatic ring is 1. The normalized spacial score (nSPS) is 11.8. The van der Waals surface area contributed by atoms with E-state index in [-0.39, 0.29) is 11.9 Å². The zero-order chi connectivity index (χ0) is 14.5. The molecule has 0 fully saturated rings. The number of hydrogen-bond acceptors (Lipinski definition) is 5. The molecular weight excluding hydrogens is 254 g/mol. The SMILES string of the molecule is Cc1cc(NN)c(C(=O)NC(C)c2ccccn2)cn1. The van der Waals surface area contributed by atoms with Gasteiger partial charge in [-0.15, -0.1) is 0 Å². The van der Waals surface area contributed by atoms with E-state index in [1.807, 2.05) is 32.0 Å². The molecule has 2 heterocycles. The summed E-state index contributed by atoms with van der Waals surface area (Å²) >= 11 is 0. The third-order valence-corrected chi connectivity index (χ3v) is 2.92. The minimum absolute atomic E-state index is 0.198. The van der Waals surface area contributed by atoms with Crippen LogP contribution in [0.1, 0.15) is 34.7 Å². The van der Waals surface area contributed by atoms with Crippen molar-refractivity contribution in [3.8, 4) is 0 Å². The molecule has 0 saturated carbocycles. The molecule has 2 rings (SSSR count). The first kappa shape index (κ1) is 14.0. The summed E-state index contributed by atoms with van der Waals surface area (Å²) in [6.45, 7) is 3.70. The monoisotopic (exact) mass is 271 g/mol. The molecule has 0 aliphatic rings. The largest absolute Gasteiger partial charge is 0.344 e. The Balaban J connectivity index is 2.16. The van der Waals surface area contributed by atoms with Crippen LogP contribution in [-0.2, 0) is 0 Å². The van der Waals surface area contributed by atoms with Gasteiger partial charge in [0.25, 0.3) is 5.91 Å². The highest BCUT2D eigenvalue weighted by Crippen LogP contribution is 2.16. The smallest absolute Gasteiger partial charge is 0.255 e. The average Bonchev–Trinajstić information content (AvgIpc) is 2.47. The maximum atomic E-state index is 12.2. The van der Waals surface area contributed by atoms with Crippen molar-refractivity contribution >= 4 is 11.6 Å². The number of carbonyl (C=O) groups excluding carboxylic acids is 1. The summed E-state index contributed by atoms with van der Waals surface area (Å²) in [5.41, 5.74) is 5.04. The standard InChI is InChI=1S/C14H17N5O/c1-9-7-13(19-15)11(8-17-9)14(20)18-10(2)12-5-3-4-6-16-12/h3-8,10H,15H2,1-2H3,(H,17,19)(H,18,20). The van der Waals surface area contributed by atoms with Gasteiger partial charge in [0.2, 0.25) is 0 Å². The Hall–Kier alpha value is -2.47. The molecular formula is C14H17N5O. The maximum absolute atomic E-state index is 12.2. The van der Waals surface area contributed by atoms with Gasteiger partial charge in [-0.1, -0.05) is 6.07 Å². The van der Waals surface area contributed by atoms with Crippen LogP contribution in [0.25, 0.3) is 0 Å². The van der Waals surface area contributed by atoms with Gasteiger partial charge < -0.3 is 10.7 Å². The van der Waals surface area contributed by atoms with Crippen LogP contribution in [0.2, 0.25) is 0 Å². The fourth-order valence-electron chi connectivity index (χ4n) is 1.84. The molecule has 6 nitrogen and oxygen atoms in total. The van der Waals surface area contributed by atoms with Gasteiger partial charge >= 0.3 is 0 Å². The Morgan fingerprint density at radius 3 is 2.80 bits per heavy atom. The highest BCUT2D eigenvalue weighted by atomic mass is 16.1. The molecule has 0 saturated heterocycles. The van der Waals surface area contributed by atoms with E-state index in [2.05, 4.69) is 20.7 Å². The van der Waals surface area contributed by atoms with E-state index in [1.54, 1.807) is 12.3 Å². The molecule has 1 unspecified atom stereocenters. The third-order valence-electron chi connectivity index (χ3n) is 2.92. The summed E-state index contributed by atoms with van der Waals surface area (Å²) in [6.07, 6.45) is 3.20. The first-order valence-corrected chi connectivity index (χ1v) is 6.27. The second kappa shape index (κ2) is 6.12. The summed E-state index contributed by atoms with van der Waals surface area (Å²) in [4.78, 5) is 20.6. The number of amides is 1. The summed E-state index contributed by atoms with van der Waals surface area (Å²) < 4.78 is 0. The topological polar surface area (TPSA) is 92.9 Å². The fourth-order valence-corrected chi connectivity index (χ4v) is 1.84. The van der Waals surface area contributed by atoms with E-state index in [0.717, 1.165) is 11.4 Å². The molecule has 2 aromatic heterocycles. The minimum Gasteiger partial charge on any atom is -0.344 e. The lowest BCUT2D eigenvalue weighted by Gasteiger charge is -2.15. The molecule has 2 aromatic rings. The van der Waals surface area contributed by atoms with Gasteiger partial charge in [-0.25, -0.2) is 0 Å². The predicted octanol–water partition coefficient (Wildman–Crippen LogP) is 1.56. The summed E-state index contributed by atoms with van der Waals surface area (Å²) in [5.74, 6) is 5.18. The fraction of sp³-hybridized carbons (Fsp3) is 0.214. The number of aromatic nitrogens is 2. The van der Waals surface area contributed by atoms with Crippen molar-refractivity contribution < 1.29 is 4.79 Å². The van der Waals surface area contributed by atoms with Gasteiger partial charge in [-0.3, -0.25) is 20.6 Å². The zero-order valence-electron chi connectivity index (χ0n) is 11.4. The quantitative estimate of drug-likeness (QED) is 0.579. The summed E-state index contributed by atoms with van der Waals surface area (Å²) in [5, 5.41) is 2.87. The van der Waals surface area contributed by atoms with Crippen molar-refractivity contribution in [3.05, 3.63) is 53.6 Å². The van der Waals surface area contributed by atoms with Crippen LogP contribution in [0.3, 0.4) is 0 Å². The third kappa shape index (κ3) is 3.10. The van der Waals surface area contributed by atoms with Crippen molar-refractivity contribution in [2.45, 2.75) is 19.9 Å². The van der Waals surface area contributed by atoms with Gasteiger partial charge in [-0.05, 0) is 32.0 Å². The van der Waals surface area contributed by atoms with Crippen LogP contribution in [-0.4, -0.2) is 15.9 Å². The lowest BCUT2D eigenvalue weighted by molar-refractivity contribution is 0.0939. The Bertz CT molecular complexity index is 600. The second-order valence-corrected chi connectivity index (χ2v) is 4.47. The number of rotatable bonds is 4. The van der Waals surface area contributed by atoms with Crippen LogP contribution < -0.4 is 16.6 Å². The molecule has 1 amide bonds. The van der Waals surface area contributed by atoms with Crippen molar-refractivity contribution in [2.24, 2.45) is 5.84 Å². The van der Waals surface area contributed by atoms with Crippen molar-refractivity contribution in [1.82, 2.24) is 15.3 Å². The van der Waals surface area contributed by atoms with Gasteiger partial charge in [-0.2, -0.15) is 0 Å². The Kier molecular flexibility index (Phi) is 4.27. The number of nitrogens with one attached hydrogen (secondary N) is 2. The minimum atomic E-state index is -0.247. The first-order chi connectivity index (χ1) is 9.61. The molecule has 0 aromatic carbocycles. The lowest BCUT2D eigenvalue weighted by atomic mass is 10.1. The molecule has 0 spiro atoms. The van der Waals surface area contributed by atoms with Gasteiger partial charge in [0.05, 0.1) is 23.0 Å². The predicted molar refractivity (Wildman–Crippen MR) is 76.9 cm³/mol. The van der Waals surface area contributed by atoms with Crippen LogP contribution >= 0.6 is 0 Å². The number of carbonyl (C=O) groups is 1. The van der Waals surface area contributed by atoms with Gasteiger partial charge in [0.15, 0.2) is 0 Å². The van der Waals surface area contributed by atoms with Crippen LogP contribution in [0.5, 0.6) is 0 Å². The molecule has 6 heteroatoms. The van der Waals surface area contributed by atoms with E-state index < -0.39 is 0 Å². The number of hydrogen-bond donors (Lipinski definition) is 3. The van der Waals surface area contributed by atoms with Crippen LogP contribution in [0.15, 0.2) is 36.7 Å². The number of nitrogens with zero attached hydrogens (tertiary/aromatic N) is 2. The molecule has 1 atom stereocenters. The van der Waals surface area contributed by atoms with E-state index >= 15 is 0 Å². The number of anilines is 1. The Morgan fingerprint density at radius 2 is 2.15 bits per heavy atom. The second-order valence-electron chi connectivity index (χ2n) is 4.47. The van der Waals surface area contributed by atoms with E-state index in [9.17, 15) is 4.79 Å². The molecule has 0 aliphatic carbocycles. The first-order valence-electron chi connectivity index (χ1n) is 6.27. The molecule has 0 radical (unpaired) electrons. The average molecular weight is 271 g/mol. The van der Waals surface area contributed by atoms with Crippen molar-refractivity contribution in [1.29, 1.82) is 0 Å². The van der Waals surface area contributed by atoms with Crippen LogP contribution in [0.4, 0.5) is 5.69 Å². The Morgan fingerprint density at radius 1 is 1.35 bits per heavy atom. The molecule has 0 aliphatic heterocycles. The number of aryl methyl sites for hydroxylation is 1. The number of pyridine rings is 2. The van der Waals surface area contributed by atoms with Crippen molar-refractivity contribution in [2.75, 3.05) is 5.43 Å². The summed E-state index contributed by atoms with van der Waals surface area (Å²) in [6, 6.07) is 7.10. The molecule has 0 bridgehead atoms. The highest BCUT2D eigenvalue weighted by molar-refractivity contribution is 5.99. The number of hydrazine groups is 1. The van der Waals surface area contributed by atoms with Crippen LogP contribution in [0, 0.1) is 6.92 Å². The van der Waals surface area contributed by atoms with Gasteiger partial charge in [0, 0.05) is 18.1 Å². The highest BCUT2D eigenvalue weighted by Gasteiger charge is 2.15. The Labute approximate surface area is 117 Å². The summed E-state index contributed by atoms with van der Waals surface area (Å²) in [7, 11) is 0. The molecule has 104 valence electrons. The lowest BCUT2D eigenvalue weighted by Crippen LogP contribution is -2.28. The van der Waals surface area contributed by atoms with E-state index in [4.69, 9.17) is 5.84 Å². The van der Waals surface area contributed by atoms with Crippen molar-refractivity contribution in [3.63, 3.8) is 0 Å². The van der Waals surface area contributed by atoms with E-state index in [1.165, 1.54) is 6.20 Å². The molecule has 4 N–H and O–H groups in total. The molecule has 20 heavy (non-hydrogen) atoms. The number of nitrogens with two attached hydrogens (primary N) is 1. The zero-order valence-corrected chi connectivity index (χ0v) is 11.4.